The molecular weight excluding hydrogens is 250 g/mol. The highest BCUT2D eigenvalue weighted by Gasteiger charge is 2.26. The second kappa shape index (κ2) is 7.09. The predicted octanol–water partition coefficient (Wildman–Crippen LogP) is 2.58. The lowest BCUT2D eigenvalue weighted by atomic mass is 9.88. The first-order chi connectivity index (χ1) is 9.56. The molecule has 0 spiro atoms. The van der Waals surface area contributed by atoms with Crippen LogP contribution in [0, 0.1) is 11.8 Å². The summed E-state index contributed by atoms with van der Waals surface area (Å²) >= 11 is 0. The van der Waals surface area contributed by atoms with Gasteiger partial charge in [0.15, 0.2) is 0 Å². The molecule has 1 aromatic carbocycles. The highest BCUT2D eigenvalue weighted by atomic mass is 16.5. The Kier molecular flexibility index (Phi) is 5.44. The molecule has 1 fully saturated rings. The molecule has 0 saturated carbocycles. The second-order valence-electron chi connectivity index (χ2n) is 6.40. The van der Waals surface area contributed by atoms with Crippen LogP contribution >= 0.6 is 0 Å². The van der Waals surface area contributed by atoms with Gasteiger partial charge in [-0.2, -0.15) is 0 Å². The summed E-state index contributed by atoms with van der Waals surface area (Å²) in [5.41, 5.74) is 1.22. The zero-order chi connectivity index (χ0) is 14.5. The van der Waals surface area contributed by atoms with Crippen LogP contribution in [0.2, 0.25) is 0 Å². The maximum atomic E-state index is 10.2. The fourth-order valence-electron chi connectivity index (χ4n) is 2.75. The van der Waals surface area contributed by atoms with Gasteiger partial charge in [0.1, 0.15) is 5.75 Å². The molecule has 1 N–H and O–H groups in total. The predicted molar refractivity (Wildman–Crippen MR) is 82.1 cm³/mol. The second-order valence-corrected chi connectivity index (χ2v) is 6.40. The Hall–Kier alpha value is -1.06. The lowest BCUT2D eigenvalue weighted by molar-refractivity contribution is 0.0363. The summed E-state index contributed by atoms with van der Waals surface area (Å²) < 4.78 is 5.91. The molecule has 3 heteroatoms. The van der Waals surface area contributed by atoms with Crippen LogP contribution in [-0.2, 0) is 6.42 Å². The van der Waals surface area contributed by atoms with Crippen molar-refractivity contribution < 1.29 is 9.84 Å². The molecule has 2 unspecified atom stereocenters. The third kappa shape index (κ3) is 4.22. The smallest absolute Gasteiger partial charge is 0.122 e. The number of hydrogen-bond donors (Lipinski definition) is 1. The van der Waals surface area contributed by atoms with Crippen molar-refractivity contribution in [1.29, 1.82) is 0 Å². The van der Waals surface area contributed by atoms with E-state index in [-0.39, 0.29) is 6.10 Å². The molecule has 0 aliphatic carbocycles. The van der Waals surface area contributed by atoms with E-state index < -0.39 is 0 Å². The molecule has 0 aromatic heterocycles. The topological polar surface area (TPSA) is 32.7 Å². The minimum Gasteiger partial charge on any atom is -0.493 e. The third-order valence-corrected chi connectivity index (χ3v) is 3.92. The first kappa shape index (κ1) is 15.3. The van der Waals surface area contributed by atoms with Crippen molar-refractivity contribution in [1.82, 2.24) is 4.90 Å². The monoisotopic (exact) mass is 277 g/mol. The number of benzene rings is 1. The van der Waals surface area contributed by atoms with Gasteiger partial charge in [0.2, 0.25) is 0 Å². The molecule has 0 amide bonds. The van der Waals surface area contributed by atoms with Crippen LogP contribution in [0.25, 0.3) is 0 Å². The molecule has 112 valence electrons. The Bertz CT molecular complexity index is 419. The average molecular weight is 277 g/mol. The fourth-order valence-corrected chi connectivity index (χ4v) is 2.75. The van der Waals surface area contributed by atoms with Crippen LogP contribution in [0.15, 0.2) is 24.3 Å². The summed E-state index contributed by atoms with van der Waals surface area (Å²) in [5, 5.41) is 10.2. The van der Waals surface area contributed by atoms with Crippen LogP contribution in [-0.4, -0.2) is 42.9 Å². The summed E-state index contributed by atoms with van der Waals surface area (Å²) in [6, 6.07) is 8.23. The van der Waals surface area contributed by atoms with Crippen molar-refractivity contribution in [3.63, 3.8) is 0 Å². The lowest BCUT2D eigenvalue weighted by Crippen LogP contribution is -2.42. The first-order valence-corrected chi connectivity index (χ1v) is 7.63. The number of para-hydroxylation sites is 1. The zero-order valence-electron chi connectivity index (χ0n) is 12.9. The fraction of sp³-hybridized carbons (Fsp3) is 0.647. The van der Waals surface area contributed by atoms with Crippen LogP contribution < -0.4 is 4.74 Å². The van der Waals surface area contributed by atoms with Gasteiger partial charge in [-0.25, -0.2) is 0 Å². The summed E-state index contributed by atoms with van der Waals surface area (Å²) in [7, 11) is 2.13. The summed E-state index contributed by atoms with van der Waals surface area (Å²) in [6.07, 6.45) is 1.57. The van der Waals surface area contributed by atoms with E-state index in [1.807, 2.05) is 12.1 Å². The number of piperidine rings is 1. The van der Waals surface area contributed by atoms with Gasteiger partial charge in [-0.3, -0.25) is 0 Å². The van der Waals surface area contributed by atoms with E-state index in [4.69, 9.17) is 4.74 Å². The van der Waals surface area contributed by atoms with Crippen molar-refractivity contribution >= 4 is 0 Å². The van der Waals surface area contributed by atoms with E-state index in [0.717, 1.165) is 38.3 Å². The summed E-state index contributed by atoms with van der Waals surface area (Å²) in [4.78, 5) is 2.30. The van der Waals surface area contributed by atoms with Crippen LogP contribution in [0.3, 0.4) is 0 Å². The van der Waals surface area contributed by atoms with Gasteiger partial charge < -0.3 is 14.7 Å². The maximum absolute atomic E-state index is 10.2. The van der Waals surface area contributed by atoms with Crippen molar-refractivity contribution in [3.8, 4) is 5.75 Å². The number of ether oxygens (including phenoxy) is 1. The number of nitrogens with zero attached hydrogens (tertiary/aromatic N) is 1. The number of aliphatic hydroxyl groups excluding tert-OH is 1. The number of hydrogen-bond acceptors (Lipinski definition) is 3. The zero-order valence-corrected chi connectivity index (χ0v) is 12.9. The summed E-state index contributed by atoms with van der Waals surface area (Å²) in [6.45, 7) is 7.00. The molecule has 3 nitrogen and oxygen atoms in total. The maximum Gasteiger partial charge on any atom is 0.122 e. The SMILES string of the molecule is CC(C)COc1ccccc1CC1CN(C)CCC1O. The minimum atomic E-state index is -0.190. The van der Waals surface area contributed by atoms with E-state index in [0.29, 0.717) is 11.8 Å². The van der Waals surface area contributed by atoms with E-state index in [9.17, 15) is 5.11 Å². The summed E-state index contributed by atoms with van der Waals surface area (Å²) in [5.74, 6) is 1.80. The molecule has 1 saturated heterocycles. The van der Waals surface area contributed by atoms with Gasteiger partial charge in [-0.1, -0.05) is 32.0 Å². The van der Waals surface area contributed by atoms with E-state index in [1.54, 1.807) is 0 Å². The first-order valence-electron chi connectivity index (χ1n) is 7.63. The van der Waals surface area contributed by atoms with Gasteiger partial charge in [0, 0.05) is 19.0 Å². The van der Waals surface area contributed by atoms with E-state index in [2.05, 4.69) is 37.9 Å². The molecule has 1 aliphatic rings. The number of aliphatic hydroxyl groups is 1. The van der Waals surface area contributed by atoms with Crippen LogP contribution in [0.5, 0.6) is 5.75 Å². The Balaban J connectivity index is 2.04. The molecule has 2 rings (SSSR count). The van der Waals surface area contributed by atoms with Crippen molar-refractivity contribution in [2.75, 3.05) is 26.7 Å². The minimum absolute atomic E-state index is 0.190. The number of likely N-dealkylation sites (tertiary alicyclic amines) is 1. The van der Waals surface area contributed by atoms with Gasteiger partial charge in [0.05, 0.1) is 12.7 Å². The number of rotatable bonds is 5. The van der Waals surface area contributed by atoms with Crippen molar-refractivity contribution in [2.45, 2.75) is 32.8 Å². The highest BCUT2D eigenvalue weighted by Crippen LogP contribution is 2.26. The largest absolute Gasteiger partial charge is 0.493 e. The van der Waals surface area contributed by atoms with E-state index >= 15 is 0 Å². The van der Waals surface area contributed by atoms with E-state index in [1.165, 1.54) is 5.56 Å². The lowest BCUT2D eigenvalue weighted by Gasteiger charge is -2.34. The van der Waals surface area contributed by atoms with Gasteiger partial charge in [0.25, 0.3) is 0 Å². The molecule has 2 atom stereocenters. The molecule has 0 bridgehead atoms. The van der Waals surface area contributed by atoms with Crippen LogP contribution in [0.4, 0.5) is 0 Å². The molecule has 20 heavy (non-hydrogen) atoms. The molecule has 1 heterocycles. The molecule has 1 aliphatic heterocycles. The third-order valence-electron chi connectivity index (χ3n) is 3.92. The van der Waals surface area contributed by atoms with Crippen molar-refractivity contribution in [3.05, 3.63) is 29.8 Å². The molecule has 1 aromatic rings. The normalized spacial score (nSPS) is 24.1. The van der Waals surface area contributed by atoms with Gasteiger partial charge in [-0.15, -0.1) is 0 Å². The standard InChI is InChI=1S/C17H27NO2/c1-13(2)12-20-17-7-5-4-6-14(17)10-15-11-18(3)9-8-16(15)19/h4-7,13,15-16,19H,8-12H2,1-3H3. The molecule has 0 radical (unpaired) electrons. The Morgan fingerprint density at radius 1 is 1.35 bits per heavy atom. The van der Waals surface area contributed by atoms with Crippen LogP contribution in [0.1, 0.15) is 25.8 Å². The quantitative estimate of drug-likeness (QED) is 0.898. The van der Waals surface area contributed by atoms with Crippen molar-refractivity contribution in [2.24, 2.45) is 11.8 Å². The average Bonchev–Trinajstić information content (AvgIpc) is 2.42. The van der Waals surface area contributed by atoms with Gasteiger partial charge >= 0.3 is 0 Å². The molecular formula is C17H27NO2. The Labute approximate surface area is 122 Å². The Morgan fingerprint density at radius 2 is 2.10 bits per heavy atom. The van der Waals surface area contributed by atoms with Gasteiger partial charge in [-0.05, 0) is 37.4 Å². The Morgan fingerprint density at radius 3 is 2.85 bits per heavy atom. The highest BCUT2D eigenvalue weighted by molar-refractivity contribution is 5.33.